The highest BCUT2D eigenvalue weighted by atomic mass is 79.9. The fourth-order valence-electron chi connectivity index (χ4n) is 2.16. The number of carbonyl (C=O) groups is 1. The number of halogens is 1. The van der Waals surface area contributed by atoms with Crippen LogP contribution in [0.3, 0.4) is 0 Å². The fourth-order valence-corrected chi connectivity index (χ4v) is 3.71. The van der Waals surface area contributed by atoms with Gasteiger partial charge < -0.3 is 5.11 Å². The van der Waals surface area contributed by atoms with Crippen molar-refractivity contribution >= 4 is 33.2 Å². The molecule has 0 spiro atoms. The molecule has 0 radical (unpaired) electrons. The molecule has 2 rings (SSSR count). The third-order valence-corrected chi connectivity index (χ3v) is 5.35. The van der Waals surface area contributed by atoms with Gasteiger partial charge in [-0.1, -0.05) is 0 Å². The van der Waals surface area contributed by atoms with E-state index >= 15 is 0 Å². The second kappa shape index (κ2) is 4.84. The lowest BCUT2D eigenvalue weighted by Gasteiger charge is -2.24. The van der Waals surface area contributed by atoms with Gasteiger partial charge in [0.15, 0.2) is 0 Å². The van der Waals surface area contributed by atoms with Gasteiger partial charge in [-0.05, 0) is 48.5 Å². The largest absolute Gasteiger partial charge is 0.481 e. The predicted octanol–water partition coefficient (Wildman–Crippen LogP) is 3.57. The van der Waals surface area contributed by atoms with Crippen molar-refractivity contribution in [2.24, 2.45) is 5.92 Å². The Bertz CT molecular complexity index is 377. The van der Waals surface area contributed by atoms with Gasteiger partial charge in [0, 0.05) is 5.92 Å². The van der Waals surface area contributed by atoms with E-state index in [4.69, 9.17) is 5.11 Å². The summed E-state index contributed by atoms with van der Waals surface area (Å²) in [4.78, 5) is 15.4. The molecular formula is C11H14BrNO2S. The standard InChI is InChI=1S/C11H14BrNO2S/c1-6-9(12)16-10(13-6)7-2-4-8(5-3-7)11(14)15/h7-8H,2-5H2,1H3,(H,14,15). The Balaban J connectivity index is 2.01. The lowest BCUT2D eigenvalue weighted by molar-refractivity contribution is -0.142. The van der Waals surface area contributed by atoms with Gasteiger partial charge in [-0.3, -0.25) is 4.79 Å². The molecule has 1 aromatic rings. The van der Waals surface area contributed by atoms with Crippen molar-refractivity contribution < 1.29 is 9.90 Å². The van der Waals surface area contributed by atoms with Crippen LogP contribution in [0, 0.1) is 12.8 Å². The van der Waals surface area contributed by atoms with E-state index in [1.807, 2.05) is 6.92 Å². The molecule has 0 bridgehead atoms. The molecule has 0 amide bonds. The number of hydrogen-bond acceptors (Lipinski definition) is 3. The Kier molecular flexibility index (Phi) is 3.64. The zero-order chi connectivity index (χ0) is 11.7. The summed E-state index contributed by atoms with van der Waals surface area (Å²) in [6.07, 6.45) is 3.49. The number of carboxylic acids is 1. The molecule has 1 N–H and O–H groups in total. The first-order valence-electron chi connectivity index (χ1n) is 5.43. The third-order valence-electron chi connectivity index (χ3n) is 3.18. The predicted molar refractivity (Wildman–Crippen MR) is 66.9 cm³/mol. The maximum absolute atomic E-state index is 10.8. The first-order chi connectivity index (χ1) is 7.58. The summed E-state index contributed by atoms with van der Waals surface area (Å²) in [5.74, 6) is -0.318. The van der Waals surface area contributed by atoms with Gasteiger partial charge in [-0.15, -0.1) is 11.3 Å². The smallest absolute Gasteiger partial charge is 0.306 e. The van der Waals surface area contributed by atoms with Crippen LogP contribution in [0.25, 0.3) is 0 Å². The van der Waals surface area contributed by atoms with Gasteiger partial charge in [-0.25, -0.2) is 4.98 Å². The van der Waals surface area contributed by atoms with Gasteiger partial charge in [0.2, 0.25) is 0 Å². The summed E-state index contributed by atoms with van der Waals surface area (Å²) >= 11 is 5.17. The number of rotatable bonds is 2. The monoisotopic (exact) mass is 303 g/mol. The Morgan fingerprint density at radius 3 is 2.50 bits per heavy atom. The Morgan fingerprint density at radius 1 is 1.44 bits per heavy atom. The molecule has 1 saturated carbocycles. The molecule has 3 nitrogen and oxygen atoms in total. The molecule has 1 aromatic heterocycles. The van der Waals surface area contributed by atoms with Gasteiger partial charge >= 0.3 is 5.97 Å². The molecule has 1 aliphatic rings. The summed E-state index contributed by atoms with van der Waals surface area (Å²) in [7, 11) is 0. The van der Waals surface area contributed by atoms with E-state index in [0.717, 1.165) is 40.2 Å². The van der Waals surface area contributed by atoms with Crippen LogP contribution in [0.15, 0.2) is 3.79 Å². The molecule has 0 aliphatic heterocycles. The highest BCUT2D eigenvalue weighted by Gasteiger charge is 2.28. The lowest BCUT2D eigenvalue weighted by Crippen LogP contribution is -2.20. The zero-order valence-electron chi connectivity index (χ0n) is 9.07. The number of aryl methyl sites for hydroxylation is 1. The topological polar surface area (TPSA) is 50.2 Å². The van der Waals surface area contributed by atoms with Crippen molar-refractivity contribution in [2.45, 2.75) is 38.5 Å². The summed E-state index contributed by atoms with van der Waals surface area (Å²) in [5, 5.41) is 10.1. The highest BCUT2D eigenvalue weighted by molar-refractivity contribution is 9.11. The Labute approximate surface area is 107 Å². The van der Waals surface area contributed by atoms with Crippen molar-refractivity contribution in [3.05, 3.63) is 14.5 Å². The van der Waals surface area contributed by atoms with Crippen LogP contribution in [-0.4, -0.2) is 16.1 Å². The molecule has 1 heterocycles. The van der Waals surface area contributed by atoms with Crippen molar-refractivity contribution in [3.8, 4) is 0 Å². The summed E-state index contributed by atoms with van der Waals surface area (Å²) in [6.45, 7) is 1.99. The van der Waals surface area contributed by atoms with Crippen molar-refractivity contribution in [2.75, 3.05) is 0 Å². The van der Waals surface area contributed by atoms with E-state index in [-0.39, 0.29) is 5.92 Å². The molecule has 0 saturated heterocycles. The molecule has 1 fully saturated rings. The molecule has 88 valence electrons. The van der Waals surface area contributed by atoms with E-state index in [0.29, 0.717) is 5.92 Å². The minimum atomic E-state index is -0.644. The normalized spacial score (nSPS) is 25.6. The third kappa shape index (κ3) is 2.46. The van der Waals surface area contributed by atoms with Crippen molar-refractivity contribution in [3.63, 3.8) is 0 Å². The Morgan fingerprint density at radius 2 is 2.06 bits per heavy atom. The molecule has 0 aromatic carbocycles. The number of thiazole rings is 1. The van der Waals surface area contributed by atoms with Gasteiger partial charge in [0.25, 0.3) is 0 Å². The van der Waals surface area contributed by atoms with E-state index in [1.54, 1.807) is 11.3 Å². The second-order valence-electron chi connectivity index (χ2n) is 4.30. The quantitative estimate of drug-likeness (QED) is 0.908. The summed E-state index contributed by atoms with van der Waals surface area (Å²) in [6, 6.07) is 0. The van der Waals surface area contributed by atoms with Crippen molar-refractivity contribution in [1.82, 2.24) is 4.98 Å². The summed E-state index contributed by atoms with van der Waals surface area (Å²) in [5.41, 5.74) is 1.04. The van der Waals surface area contributed by atoms with Gasteiger partial charge in [-0.2, -0.15) is 0 Å². The number of hydrogen-bond donors (Lipinski definition) is 1. The zero-order valence-corrected chi connectivity index (χ0v) is 11.5. The second-order valence-corrected chi connectivity index (χ2v) is 6.65. The summed E-state index contributed by atoms with van der Waals surface area (Å²) < 4.78 is 1.10. The molecule has 0 atom stereocenters. The van der Waals surface area contributed by atoms with E-state index in [2.05, 4.69) is 20.9 Å². The van der Waals surface area contributed by atoms with Crippen LogP contribution in [0.2, 0.25) is 0 Å². The van der Waals surface area contributed by atoms with E-state index < -0.39 is 5.97 Å². The van der Waals surface area contributed by atoms with Crippen LogP contribution >= 0.6 is 27.3 Å². The average molecular weight is 304 g/mol. The van der Waals surface area contributed by atoms with Crippen LogP contribution in [0.5, 0.6) is 0 Å². The van der Waals surface area contributed by atoms with Crippen LogP contribution in [0.1, 0.15) is 42.3 Å². The molecule has 16 heavy (non-hydrogen) atoms. The van der Waals surface area contributed by atoms with Gasteiger partial charge in [0.1, 0.15) is 0 Å². The van der Waals surface area contributed by atoms with E-state index in [9.17, 15) is 4.79 Å². The number of aromatic nitrogens is 1. The van der Waals surface area contributed by atoms with Gasteiger partial charge in [0.05, 0.1) is 20.4 Å². The maximum atomic E-state index is 10.8. The molecule has 5 heteroatoms. The number of aliphatic carboxylic acids is 1. The van der Waals surface area contributed by atoms with Crippen LogP contribution in [-0.2, 0) is 4.79 Å². The lowest BCUT2D eigenvalue weighted by atomic mass is 9.82. The maximum Gasteiger partial charge on any atom is 0.306 e. The van der Waals surface area contributed by atoms with Crippen LogP contribution < -0.4 is 0 Å². The van der Waals surface area contributed by atoms with Crippen LogP contribution in [0.4, 0.5) is 0 Å². The Hall–Kier alpha value is -0.420. The minimum Gasteiger partial charge on any atom is -0.481 e. The van der Waals surface area contributed by atoms with E-state index in [1.165, 1.54) is 0 Å². The number of carboxylic acid groups (broad SMARTS) is 1. The number of nitrogens with zero attached hydrogens (tertiary/aromatic N) is 1. The van der Waals surface area contributed by atoms with Crippen molar-refractivity contribution in [1.29, 1.82) is 0 Å². The fraction of sp³-hybridized carbons (Fsp3) is 0.636. The highest BCUT2D eigenvalue weighted by Crippen LogP contribution is 2.39. The molecule has 1 aliphatic carbocycles. The SMILES string of the molecule is Cc1nc(C2CCC(C(=O)O)CC2)sc1Br. The first kappa shape index (κ1) is 12.0. The molecular weight excluding hydrogens is 290 g/mol. The first-order valence-corrected chi connectivity index (χ1v) is 7.04. The minimum absolute atomic E-state index is 0.138. The molecule has 0 unspecified atom stereocenters. The average Bonchev–Trinajstić information content (AvgIpc) is 2.59.